The van der Waals surface area contributed by atoms with Crippen LogP contribution >= 0.6 is 0 Å². The highest BCUT2D eigenvalue weighted by atomic mass is 16.5. The Kier molecular flexibility index (Phi) is 5.12. The molecule has 0 fully saturated rings. The number of anilines is 3. The summed E-state index contributed by atoms with van der Waals surface area (Å²) >= 11 is 0. The van der Waals surface area contributed by atoms with Crippen molar-refractivity contribution in [3.8, 4) is 22.8 Å². The molecule has 3 aromatic rings. The second-order valence-electron chi connectivity index (χ2n) is 6.79. The summed E-state index contributed by atoms with van der Waals surface area (Å²) in [5.74, 6) is 1.58. The number of hydrogen-bond acceptors (Lipinski definition) is 7. The molecule has 0 unspecified atom stereocenters. The lowest BCUT2D eigenvalue weighted by molar-refractivity contribution is 0.470. The van der Waals surface area contributed by atoms with Crippen molar-refractivity contribution in [2.75, 3.05) is 30.5 Å². The smallest absolute Gasteiger partial charge is 0.222 e. The molecule has 0 saturated carbocycles. The van der Waals surface area contributed by atoms with Gasteiger partial charge in [0.05, 0.1) is 11.9 Å². The van der Waals surface area contributed by atoms with E-state index in [0.29, 0.717) is 11.5 Å². The Balaban J connectivity index is 2.04. The third kappa shape index (κ3) is 4.08. The molecule has 2 heterocycles. The SMILES string of the molecule is CC(C)c1cnc(-c2cccc(N(C)C)c2)cc1Oc1cnc(N)nc1N. The predicted octanol–water partition coefficient (Wildman–Crippen LogP) is 3.68. The Bertz CT molecular complexity index is 955. The van der Waals surface area contributed by atoms with Gasteiger partial charge in [-0.2, -0.15) is 4.98 Å². The van der Waals surface area contributed by atoms with Crippen LogP contribution in [0.3, 0.4) is 0 Å². The average Bonchev–Trinajstić information content (AvgIpc) is 2.64. The Morgan fingerprint density at radius 1 is 1.00 bits per heavy atom. The van der Waals surface area contributed by atoms with Gasteiger partial charge in [-0.3, -0.25) is 4.98 Å². The van der Waals surface area contributed by atoms with Crippen LogP contribution in [0.1, 0.15) is 25.3 Å². The van der Waals surface area contributed by atoms with Crippen molar-refractivity contribution in [3.05, 3.63) is 48.3 Å². The van der Waals surface area contributed by atoms with Crippen molar-refractivity contribution in [3.63, 3.8) is 0 Å². The number of aromatic nitrogens is 3. The summed E-state index contributed by atoms with van der Waals surface area (Å²) in [5, 5.41) is 0. The maximum absolute atomic E-state index is 6.04. The summed E-state index contributed by atoms with van der Waals surface area (Å²) in [4.78, 5) is 14.6. The van der Waals surface area contributed by atoms with E-state index in [1.165, 1.54) is 6.20 Å². The van der Waals surface area contributed by atoms with Crippen LogP contribution in [0.4, 0.5) is 17.5 Å². The summed E-state index contributed by atoms with van der Waals surface area (Å²) in [6.07, 6.45) is 3.32. The number of benzene rings is 1. The lowest BCUT2D eigenvalue weighted by Gasteiger charge is -2.16. The molecule has 0 aliphatic heterocycles. The van der Waals surface area contributed by atoms with Crippen molar-refractivity contribution in [1.82, 2.24) is 15.0 Å². The molecular formula is C20H24N6O. The molecule has 0 atom stereocenters. The van der Waals surface area contributed by atoms with E-state index in [4.69, 9.17) is 16.2 Å². The van der Waals surface area contributed by atoms with E-state index in [1.807, 2.05) is 38.5 Å². The maximum atomic E-state index is 6.04. The van der Waals surface area contributed by atoms with E-state index >= 15 is 0 Å². The summed E-state index contributed by atoms with van der Waals surface area (Å²) in [6, 6.07) is 10.1. The second kappa shape index (κ2) is 7.49. The van der Waals surface area contributed by atoms with Gasteiger partial charge in [-0.25, -0.2) is 4.98 Å². The van der Waals surface area contributed by atoms with Gasteiger partial charge in [-0.05, 0) is 18.1 Å². The third-order valence-electron chi connectivity index (χ3n) is 4.20. The zero-order valence-corrected chi connectivity index (χ0v) is 16.0. The second-order valence-corrected chi connectivity index (χ2v) is 6.79. The van der Waals surface area contributed by atoms with Gasteiger partial charge in [-0.15, -0.1) is 0 Å². The van der Waals surface area contributed by atoms with Crippen molar-refractivity contribution < 1.29 is 4.74 Å². The first-order chi connectivity index (χ1) is 12.8. The summed E-state index contributed by atoms with van der Waals surface area (Å²) in [5.41, 5.74) is 15.4. The van der Waals surface area contributed by atoms with E-state index in [0.717, 1.165) is 22.5 Å². The number of nitrogens with zero attached hydrogens (tertiary/aromatic N) is 4. The van der Waals surface area contributed by atoms with Crippen LogP contribution in [0.2, 0.25) is 0 Å². The number of pyridine rings is 1. The third-order valence-corrected chi connectivity index (χ3v) is 4.20. The van der Waals surface area contributed by atoms with Gasteiger partial charge in [-0.1, -0.05) is 26.0 Å². The minimum atomic E-state index is 0.111. The van der Waals surface area contributed by atoms with Crippen LogP contribution in [-0.2, 0) is 0 Å². The fourth-order valence-corrected chi connectivity index (χ4v) is 2.67. The van der Waals surface area contributed by atoms with Gasteiger partial charge in [0, 0.05) is 43.2 Å². The molecule has 7 heteroatoms. The molecule has 0 radical (unpaired) electrons. The lowest BCUT2D eigenvalue weighted by atomic mass is 10.0. The molecule has 0 aliphatic rings. The average molecular weight is 364 g/mol. The van der Waals surface area contributed by atoms with E-state index in [-0.39, 0.29) is 17.7 Å². The molecule has 0 saturated heterocycles. The predicted molar refractivity (Wildman–Crippen MR) is 109 cm³/mol. The number of nitrogens with two attached hydrogens (primary N) is 2. The number of rotatable bonds is 5. The van der Waals surface area contributed by atoms with Gasteiger partial charge in [0.25, 0.3) is 0 Å². The molecular weight excluding hydrogens is 340 g/mol. The van der Waals surface area contributed by atoms with Crippen molar-refractivity contribution in [2.24, 2.45) is 0 Å². The van der Waals surface area contributed by atoms with E-state index in [1.54, 1.807) is 0 Å². The topological polar surface area (TPSA) is 103 Å². The molecule has 0 spiro atoms. The van der Waals surface area contributed by atoms with Gasteiger partial charge < -0.3 is 21.1 Å². The summed E-state index contributed by atoms with van der Waals surface area (Å²) in [7, 11) is 4.01. The number of ether oxygens (including phenoxy) is 1. The number of nitrogen functional groups attached to an aromatic ring is 2. The Morgan fingerprint density at radius 3 is 2.44 bits per heavy atom. The fraction of sp³-hybridized carbons (Fsp3) is 0.250. The first kappa shape index (κ1) is 18.4. The van der Waals surface area contributed by atoms with Crippen molar-refractivity contribution >= 4 is 17.5 Å². The van der Waals surface area contributed by atoms with E-state index in [2.05, 4.69) is 45.8 Å². The van der Waals surface area contributed by atoms with Crippen LogP contribution < -0.4 is 21.1 Å². The van der Waals surface area contributed by atoms with E-state index in [9.17, 15) is 0 Å². The first-order valence-corrected chi connectivity index (χ1v) is 8.68. The summed E-state index contributed by atoms with van der Waals surface area (Å²) in [6.45, 7) is 4.16. The molecule has 0 aliphatic carbocycles. The maximum Gasteiger partial charge on any atom is 0.222 e. The monoisotopic (exact) mass is 364 g/mol. The molecule has 2 aromatic heterocycles. The van der Waals surface area contributed by atoms with Crippen molar-refractivity contribution in [1.29, 1.82) is 0 Å². The van der Waals surface area contributed by atoms with Crippen LogP contribution in [0, 0.1) is 0 Å². The highest BCUT2D eigenvalue weighted by molar-refractivity contribution is 5.67. The van der Waals surface area contributed by atoms with Crippen LogP contribution in [0.15, 0.2) is 42.7 Å². The summed E-state index contributed by atoms with van der Waals surface area (Å²) < 4.78 is 6.04. The Hall–Kier alpha value is -3.35. The standard InChI is InChI=1S/C20H24N6O/c1-12(2)15-10-23-16(13-6-5-7-14(8-13)26(3)4)9-17(15)27-18-11-24-20(22)25-19(18)21/h5-12H,1-4H3,(H4,21,22,24,25). The molecule has 3 rings (SSSR count). The van der Waals surface area contributed by atoms with Gasteiger partial charge in [0.15, 0.2) is 11.6 Å². The zero-order chi connectivity index (χ0) is 19.6. The van der Waals surface area contributed by atoms with Crippen LogP contribution in [0.5, 0.6) is 11.5 Å². The van der Waals surface area contributed by atoms with E-state index < -0.39 is 0 Å². The lowest BCUT2D eigenvalue weighted by Crippen LogP contribution is -2.08. The normalized spacial score (nSPS) is 10.9. The molecule has 0 amide bonds. The van der Waals surface area contributed by atoms with Crippen LogP contribution in [-0.4, -0.2) is 29.0 Å². The minimum Gasteiger partial charge on any atom is -0.451 e. The molecule has 140 valence electrons. The fourth-order valence-electron chi connectivity index (χ4n) is 2.67. The zero-order valence-electron chi connectivity index (χ0n) is 16.0. The number of hydrogen-bond donors (Lipinski definition) is 2. The molecule has 7 nitrogen and oxygen atoms in total. The highest BCUT2D eigenvalue weighted by Gasteiger charge is 2.14. The molecule has 27 heavy (non-hydrogen) atoms. The Labute approximate surface area is 159 Å². The molecule has 0 bridgehead atoms. The van der Waals surface area contributed by atoms with Crippen molar-refractivity contribution in [2.45, 2.75) is 19.8 Å². The molecule has 1 aromatic carbocycles. The van der Waals surface area contributed by atoms with Gasteiger partial charge in [0.2, 0.25) is 5.95 Å². The highest BCUT2D eigenvalue weighted by Crippen LogP contribution is 2.35. The molecule has 4 N–H and O–H groups in total. The first-order valence-electron chi connectivity index (χ1n) is 8.68. The van der Waals surface area contributed by atoms with Crippen LogP contribution in [0.25, 0.3) is 11.3 Å². The largest absolute Gasteiger partial charge is 0.451 e. The minimum absolute atomic E-state index is 0.111. The quantitative estimate of drug-likeness (QED) is 0.711. The van der Waals surface area contributed by atoms with Gasteiger partial charge in [0.1, 0.15) is 5.75 Å². The Morgan fingerprint density at radius 2 is 1.78 bits per heavy atom. The van der Waals surface area contributed by atoms with Gasteiger partial charge >= 0.3 is 0 Å².